The summed E-state index contributed by atoms with van der Waals surface area (Å²) in [6, 6.07) is 63.2. The topological polar surface area (TPSA) is 50.9 Å². The lowest BCUT2D eigenvalue weighted by molar-refractivity contribution is 0.446. The molecule has 0 aliphatic heterocycles. The first-order chi connectivity index (χ1) is 36.8. The Morgan fingerprint density at radius 2 is 0.933 bits per heavy atom. The number of phenolic OH excluding ortho intramolecular Hbond substituents is 1. The smallest absolute Gasteiger partial charge is 0.149 e. The second kappa shape index (κ2) is 19.1. The molecule has 10 rings (SSSR count). The number of benzene rings is 8. The van der Waals surface area contributed by atoms with Crippen LogP contribution in [-0.4, -0.2) is 19.6 Å². The fourth-order valence-corrected chi connectivity index (χ4v) is 10.2. The first kappa shape index (κ1) is 46.9. The largest absolute Gasteiger partial charge is 0.507 e. The van der Waals surface area contributed by atoms with Crippen LogP contribution < -0.4 is 0 Å². The van der Waals surface area contributed by atoms with Crippen LogP contribution in [-0.2, 0) is 21.7 Å². The van der Waals surface area contributed by atoms with E-state index in [0.29, 0.717) is 22.5 Å². The molecule has 0 radical (unpaired) electrons. The zero-order chi connectivity index (χ0) is 55.7. The molecule has 0 bridgehead atoms. The van der Waals surface area contributed by atoms with E-state index in [0.717, 1.165) is 94.7 Å². The zero-order valence-corrected chi connectivity index (χ0v) is 45.7. The molecule has 376 valence electrons. The molecule has 0 saturated carbocycles. The summed E-state index contributed by atoms with van der Waals surface area (Å²) in [7, 11) is 0. The molecular formula is C71H71N3O. The van der Waals surface area contributed by atoms with Crippen LogP contribution >= 0.6 is 0 Å². The fraction of sp³-hybridized carbons (Fsp3) is 0.239. The van der Waals surface area contributed by atoms with E-state index in [2.05, 4.69) is 227 Å². The maximum absolute atomic E-state index is 12.9. The fourth-order valence-electron chi connectivity index (χ4n) is 10.2. The van der Waals surface area contributed by atoms with Crippen molar-refractivity contribution in [2.75, 3.05) is 0 Å². The van der Waals surface area contributed by atoms with Crippen LogP contribution in [0.15, 0.2) is 188 Å². The number of aromatic nitrogens is 3. The molecule has 2 aromatic heterocycles. The summed E-state index contributed by atoms with van der Waals surface area (Å²) in [6.45, 7) is 24.5. The van der Waals surface area contributed by atoms with Gasteiger partial charge in [0, 0.05) is 38.1 Å². The molecule has 0 saturated heterocycles. The summed E-state index contributed by atoms with van der Waals surface area (Å²) in [5, 5.41) is 12.9. The summed E-state index contributed by atoms with van der Waals surface area (Å²) in [4.78, 5) is 10.8. The van der Waals surface area contributed by atoms with Crippen molar-refractivity contribution in [3.05, 3.63) is 216 Å². The highest BCUT2D eigenvalue weighted by Crippen LogP contribution is 2.48. The zero-order valence-electron chi connectivity index (χ0n) is 48.7. The number of hydrogen-bond acceptors (Lipinski definition) is 3. The Morgan fingerprint density at radius 1 is 0.413 bits per heavy atom. The van der Waals surface area contributed by atoms with Gasteiger partial charge in [0.15, 0.2) is 0 Å². The number of aromatic hydroxyl groups is 1. The molecule has 0 unspecified atom stereocenters. The van der Waals surface area contributed by atoms with Crippen molar-refractivity contribution in [1.29, 1.82) is 0 Å². The molecule has 4 heteroatoms. The number of rotatable bonds is 8. The molecule has 0 fully saturated rings. The molecule has 8 aromatic carbocycles. The number of imidazole rings is 1. The number of fused-ring (bicyclic) bond motifs is 1. The summed E-state index contributed by atoms with van der Waals surface area (Å²) in [5.74, 6) is 0.874. The standard InChI is InChI=1S/C71H71N3O/c1-45-23-20-21-28-56(45)49-33-31-46(32-34-49)50-35-36-72-62(40-50)52-37-51(38-53(39-52)68(2,3)4)57-29-22-30-63-64(57)73-67(60-43-55(70(8,9)10)44-61(66(60)75)71(11,12)13)74(63)65-58(47-24-16-14-17-25-47)41-54(69(5,6)7)42-59(65)48-26-18-15-19-27-48/h14-44,75H,1-13H3/i1D3. The lowest BCUT2D eigenvalue weighted by Gasteiger charge is -2.28. The SMILES string of the molecule is [2H]C([2H])([2H])c1ccccc1-c1ccc(-c2ccnc(-c3cc(-c4cccc5c4nc(-c4cc(C(C)(C)C)cc(C(C)(C)C)c4O)n5-c4c(-c5ccccc5)cc(C(C)(C)C)cc4-c4ccccc4)cc(C(C)(C)C)c3)c2)cc1. The number of aryl methyl sites for hydroxylation is 1. The molecule has 2 heterocycles. The second-order valence-corrected chi connectivity index (χ2v) is 24.4. The van der Waals surface area contributed by atoms with Gasteiger partial charge in [-0.05, 0) is 138 Å². The minimum atomic E-state index is -2.23. The van der Waals surface area contributed by atoms with E-state index in [-0.39, 0.29) is 27.4 Å². The highest BCUT2D eigenvalue weighted by atomic mass is 16.3. The summed E-state index contributed by atoms with van der Waals surface area (Å²) in [5.41, 5.74) is 18.6. The van der Waals surface area contributed by atoms with Gasteiger partial charge in [0.25, 0.3) is 0 Å². The van der Waals surface area contributed by atoms with Crippen LogP contribution in [0.2, 0.25) is 0 Å². The Bertz CT molecular complexity index is 3800. The molecule has 0 aliphatic carbocycles. The highest BCUT2D eigenvalue weighted by molar-refractivity contribution is 6.00. The monoisotopic (exact) mass is 985 g/mol. The van der Waals surface area contributed by atoms with Gasteiger partial charge in [-0.15, -0.1) is 0 Å². The van der Waals surface area contributed by atoms with Gasteiger partial charge in [-0.25, -0.2) is 4.98 Å². The van der Waals surface area contributed by atoms with Crippen molar-refractivity contribution < 1.29 is 9.22 Å². The van der Waals surface area contributed by atoms with Crippen molar-refractivity contribution in [1.82, 2.24) is 14.5 Å². The van der Waals surface area contributed by atoms with Gasteiger partial charge >= 0.3 is 0 Å². The Kier molecular flexibility index (Phi) is 12.0. The van der Waals surface area contributed by atoms with Crippen molar-refractivity contribution in [2.24, 2.45) is 0 Å². The maximum atomic E-state index is 12.9. The normalized spacial score (nSPS) is 13.1. The third-order valence-electron chi connectivity index (χ3n) is 14.7. The van der Waals surface area contributed by atoms with Crippen molar-refractivity contribution >= 4 is 11.0 Å². The Hall–Kier alpha value is -7.82. The molecule has 0 aliphatic rings. The first-order valence-electron chi connectivity index (χ1n) is 27.8. The maximum Gasteiger partial charge on any atom is 0.149 e. The molecule has 10 aromatic rings. The molecule has 1 N–H and O–H groups in total. The van der Waals surface area contributed by atoms with E-state index in [4.69, 9.17) is 14.1 Å². The Labute approximate surface area is 450 Å². The van der Waals surface area contributed by atoms with Crippen LogP contribution in [0, 0.1) is 6.85 Å². The first-order valence-corrected chi connectivity index (χ1v) is 26.3. The van der Waals surface area contributed by atoms with Gasteiger partial charge in [0.1, 0.15) is 11.6 Å². The second-order valence-electron chi connectivity index (χ2n) is 24.4. The van der Waals surface area contributed by atoms with Gasteiger partial charge in [-0.3, -0.25) is 9.55 Å². The van der Waals surface area contributed by atoms with Gasteiger partial charge in [-0.1, -0.05) is 217 Å². The Balaban J connectivity index is 1.25. The van der Waals surface area contributed by atoms with Crippen LogP contribution in [0.1, 0.15) is 115 Å². The lowest BCUT2D eigenvalue weighted by atomic mass is 9.78. The van der Waals surface area contributed by atoms with E-state index in [1.54, 1.807) is 12.1 Å². The molecule has 4 nitrogen and oxygen atoms in total. The number of para-hydroxylation sites is 1. The number of pyridine rings is 1. The quantitative estimate of drug-likeness (QED) is 0.165. The van der Waals surface area contributed by atoms with Crippen LogP contribution in [0.3, 0.4) is 0 Å². The third-order valence-corrected chi connectivity index (χ3v) is 14.7. The van der Waals surface area contributed by atoms with E-state index >= 15 is 0 Å². The van der Waals surface area contributed by atoms with Crippen LogP contribution in [0.5, 0.6) is 5.75 Å². The van der Waals surface area contributed by atoms with Crippen molar-refractivity contribution in [2.45, 2.75) is 112 Å². The van der Waals surface area contributed by atoms with Crippen molar-refractivity contribution in [3.63, 3.8) is 0 Å². The molecule has 0 atom stereocenters. The van der Waals surface area contributed by atoms with E-state index < -0.39 is 6.85 Å². The number of hydrogen-bond donors (Lipinski definition) is 1. The summed E-state index contributed by atoms with van der Waals surface area (Å²) in [6.07, 6.45) is 1.87. The van der Waals surface area contributed by atoms with Gasteiger partial charge in [0.05, 0.1) is 28.0 Å². The molecule has 0 amide bonds. The predicted molar refractivity (Wildman–Crippen MR) is 318 cm³/mol. The molecule has 75 heavy (non-hydrogen) atoms. The summed E-state index contributed by atoms with van der Waals surface area (Å²) >= 11 is 0. The molecular weight excluding hydrogens is 911 g/mol. The van der Waals surface area contributed by atoms with Crippen molar-refractivity contribution in [3.8, 4) is 89.7 Å². The lowest BCUT2D eigenvalue weighted by Crippen LogP contribution is -2.17. The van der Waals surface area contributed by atoms with Gasteiger partial charge in [0.2, 0.25) is 0 Å². The minimum Gasteiger partial charge on any atom is -0.507 e. The van der Waals surface area contributed by atoms with Crippen LogP contribution in [0.4, 0.5) is 0 Å². The van der Waals surface area contributed by atoms with Gasteiger partial charge in [-0.2, -0.15) is 0 Å². The average molecular weight is 985 g/mol. The number of nitrogens with zero attached hydrogens (tertiary/aromatic N) is 3. The Morgan fingerprint density at radius 3 is 1.53 bits per heavy atom. The van der Waals surface area contributed by atoms with Gasteiger partial charge < -0.3 is 5.11 Å². The van der Waals surface area contributed by atoms with E-state index in [9.17, 15) is 5.11 Å². The predicted octanol–water partition coefficient (Wildman–Crippen LogP) is 19.3. The minimum absolute atomic E-state index is 0.177. The number of phenols is 1. The molecule has 0 spiro atoms. The average Bonchev–Trinajstić information content (AvgIpc) is 3.81. The summed E-state index contributed by atoms with van der Waals surface area (Å²) < 4.78 is 26.8. The van der Waals surface area contributed by atoms with E-state index in [1.165, 1.54) is 5.56 Å². The van der Waals surface area contributed by atoms with E-state index in [1.807, 2.05) is 36.5 Å². The van der Waals surface area contributed by atoms with Crippen LogP contribution in [0.25, 0.3) is 95.0 Å². The third kappa shape index (κ3) is 9.99. The highest BCUT2D eigenvalue weighted by Gasteiger charge is 2.31.